The number of fused-ring (bicyclic) bond motifs is 1. The van der Waals surface area contributed by atoms with E-state index in [0.717, 1.165) is 32.2 Å². The average molecular weight is 468 g/mol. The van der Waals surface area contributed by atoms with E-state index >= 15 is 0 Å². The first-order valence-corrected chi connectivity index (χ1v) is 10.2. The summed E-state index contributed by atoms with van der Waals surface area (Å²) >= 11 is 8.74. The van der Waals surface area contributed by atoms with Crippen molar-refractivity contribution in [3.63, 3.8) is 0 Å². The number of carbonyl (C=O) groups excluding carboxylic acids is 2. The molecule has 0 unspecified atom stereocenters. The number of amides is 2. The molecule has 0 aliphatic carbocycles. The van der Waals surface area contributed by atoms with Crippen LogP contribution in [-0.2, 0) is 16.6 Å². The Hall–Kier alpha value is -2.77. The van der Waals surface area contributed by atoms with Gasteiger partial charge in [0.1, 0.15) is 5.57 Å². The minimum Gasteiger partial charge on any atom is -0.347 e. The van der Waals surface area contributed by atoms with Crippen molar-refractivity contribution in [1.29, 1.82) is 0 Å². The lowest BCUT2D eigenvalue weighted by Gasteiger charge is -2.30. The SMILES string of the molecule is Cc1cc(Br)ccc1N1C(=O)/C(=C\c2c(C)n(C)c3ccccc23)C(=O)NC1=S. The Balaban J connectivity index is 1.86. The van der Waals surface area contributed by atoms with Crippen molar-refractivity contribution in [1.82, 2.24) is 9.88 Å². The number of benzene rings is 2. The molecule has 146 valence electrons. The second-order valence-electron chi connectivity index (χ2n) is 6.96. The largest absolute Gasteiger partial charge is 0.347 e. The molecule has 2 amide bonds. The highest BCUT2D eigenvalue weighted by Gasteiger charge is 2.35. The van der Waals surface area contributed by atoms with Crippen LogP contribution in [0.4, 0.5) is 5.69 Å². The highest BCUT2D eigenvalue weighted by molar-refractivity contribution is 9.10. The number of aromatic nitrogens is 1. The minimum atomic E-state index is -0.488. The van der Waals surface area contributed by atoms with E-state index in [9.17, 15) is 9.59 Å². The lowest BCUT2D eigenvalue weighted by molar-refractivity contribution is -0.122. The summed E-state index contributed by atoms with van der Waals surface area (Å²) in [5.41, 5.74) is 4.42. The summed E-state index contributed by atoms with van der Waals surface area (Å²) < 4.78 is 2.95. The zero-order valence-corrected chi connectivity index (χ0v) is 18.5. The van der Waals surface area contributed by atoms with Gasteiger partial charge in [-0.25, -0.2) is 0 Å². The lowest BCUT2D eigenvalue weighted by Crippen LogP contribution is -2.54. The summed E-state index contributed by atoms with van der Waals surface area (Å²) in [7, 11) is 1.97. The van der Waals surface area contributed by atoms with Crippen LogP contribution in [0, 0.1) is 13.8 Å². The van der Waals surface area contributed by atoms with Gasteiger partial charge < -0.3 is 4.57 Å². The number of nitrogens with zero attached hydrogens (tertiary/aromatic N) is 2. The van der Waals surface area contributed by atoms with Crippen molar-refractivity contribution in [2.75, 3.05) is 4.90 Å². The molecule has 1 fully saturated rings. The van der Waals surface area contributed by atoms with Gasteiger partial charge >= 0.3 is 0 Å². The van der Waals surface area contributed by atoms with Gasteiger partial charge in [-0.15, -0.1) is 0 Å². The van der Waals surface area contributed by atoms with E-state index in [0.29, 0.717) is 5.69 Å². The highest BCUT2D eigenvalue weighted by Crippen LogP contribution is 2.30. The Morgan fingerprint density at radius 3 is 2.55 bits per heavy atom. The van der Waals surface area contributed by atoms with Gasteiger partial charge in [-0.05, 0) is 62.0 Å². The molecule has 1 N–H and O–H groups in total. The van der Waals surface area contributed by atoms with E-state index in [1.165, 1.54) is 4.90 Å². The van der Waals surface area contributed by atoms with Gasteiger partial charge in [0.2, 0.25) is 0 Å². The van der Waals surface area contributed by atoms with Crippen LogP contribution in [0.15, 0.2) is 52.5 Å². The first kappa shape index (κ1) is 19.5. The van der Waals surface area contributed by atoms with Gasteiger partial charge in [0.25, 0.3) is 11.8 Å². The van der Waals surface area contributed by atoms with Crippen molar-refractivity contribution in [3.8, 4) is 0 Å². The number of aryl methyl sites for hydroxylation is 2. The van der Waals surface area contributed by atoms with Gasteiger partial charge in [0.15, 0.2) is 5.11 Å². The third kappa shape index (κ3) is 3.20. The van der Waals surface area contributed by atoms with Crippen LogP contribution in [0.2, 0.25) is 0 Å². The molecule has 29 heavy (non-hydrogen) atoms. The summed E-state index contributed by atoms with van der Waals surface area (Å²) in [5.74, 6) is -0.921. The monoisotopic (exact) mass is 467 g/mol. The molecule has 0 radical (unpaired) electrons. The fourth-order valence-electron chi connectivity index (χ4n) is 3.62. The van der Waals surface area contributed by atoms with Crippen LogP contribution in [-0.4, -0.2) is 21.5 Å². The molecule has 1 aliphatic rings. The Kier molecular flexibility index (Phi) is 4.88. The van der Waals surface area contributed by atoms with Gasteiger partial charge in [-0.3, -0.25) is 19.8 Å². The van der Waals surface area contributed by atoms with Crippen LogP contribution < -0.4 is 10.2 Å². The Bertz CT molecular complexity index is 1240. The molecule has 0 saturated carbocycles. The van der Waals surface area contributed by atoms with E-state index in [2.05, 4.69) is 21.2 Å². The first-order valence-electron chi connectivity index (χ1n) is 9.01. The van der Waals surface area contributed by atoms with Gasteiger partial charge in [-0.2, -0.15) is 0 Å². The second-order valence-corrected chi connectivity index (χ2v) is 8.27. The minimum absolute atomic E-state index is 0.0559. The number of rotatable bonds is 2. The summed E-state index contributed by atoms with van der Waals surface area (Å²) in [4.78, 5) is 27.4. The summed E-state index contributed by atoms with van der Waals surface area (Å²) in [6.07, 6.45) is 1.66. The quantitative estimate of drug-likeness (QED) is 0.345. The number of hydrogen-bond acceptors (Lipinski definition) is 3. The zero-order valence-electron chi connectivity index (χ0n) is 16.1. The van der Waals surface area contributed by atoms with Crippen LogP contribution in [0.5, 0.6) is 0 Å². The molecule has 3 aromatic rings. The predicted octanol–water partition coefficient (Wildman–Crippen LogP) is 4.39. The smallest absolute Gasteiger partial charge is 0.270 e. The standard InChI is InChI=1S/C22H18BrN3O2S/c1-12-10-14(23)8-9-18(12)26-21(28)17(20(27)24-22(26)29)11-16-13(2)25(3)19-7-5-4-6-15(16)19/h4-11H,1-3H3,(H,24,27,29)/b17-11-. The molecule has 4 rings (SSSR count). The van der Waals surface area contributed by atoms with Crippen LogP contribution in [0.3, 0.4) is 0 Å². The number of halogens is 1. The number of para-hydroxylation sites is 1. The molecule has 2 heterocycles. The Morgan fingerprint density at radius 2 is 1.83 bits per heavy atom. The maximum absolute atomic E-state index is 13.3. The van der Waals surface area contributed by atoms with Gasteiger partial charge in [0, 0.05) is 33.7 Å². The van der Waals surface area contributed by atoms with Crippen molar-refractivity contribution >= 4 is 67.7 Å². The van der Waals surface area contributed by atoms with Crippen LogP contribution in [0.25, 0.3) is 17.0 Å². The molecular formula is C22H18BrN3O2S. The molecule has 1 saturated heterocycles. The topological polar surface area (TPSA) is 54.3 Å². The number of thiocarbonyl (C=S) groups is 1. The van der Waals surface area contributed by atoms with E-state index < -0.39 is 11.8 Å². The van der Waals surface area contributed by atoms with Gasteiger partial charge in [-0.1, -0.05) is 34.1 Å². The Labute approximate surface area is 182 Å². The number of anilines is 1. The van der Waals surface area contributed by atoms with Crippen molar-refractivity contribution < 1.29 is 9.59 Å². The lowest BCUT2D eigenvalue weighted by atomic mass is 10.0. The Morgan fingerprint density at radius 1 is 1.10 bits per heavy atom. The second kappa shape index (κ2) is 7.24. The third-order valence-corrected chi connectivity index (χ3v) is 6.02. The van der Waals surface area contributed by atoms with E-state index in [1.54, 1.807) is 6.08 Å². The average Bonchev–Trinajstić information content (AvgIpc) is 2.91. The highest BCUT2D eigenvalue weighted by atomic mass is 79.9. The third-order valence-electron chi connectivity index (χ3n) is 5.24. The molecule has 0 spiro atoms. The fraction of sp³-hybridized carbons (Fsp3) is 0.136. The summed E-state index contributed by atoms with van der Waals surface area (Å²) in [6, 6.07) is 13.5. The molecule has 7 heteroatoms. The normalized spacial score (nSPS) is 16.1. The molecule has 1 aromatic heterocycles. The van der Waals surface area contributed by atoms with Crippen molar-refractivity contribution in [2.45, 2.75) is 13.8 Å². The molecule has 0 atom stereocenters. The van der Waals surface area contributed by atoms with Crippen molar-refractivity contribution in [2.24, 2.45) is 7.05 Å². The van der Waals surface area contributed by atoms with Gasteiger partial charge in [0.05, 0.1) is 5.69 Å². The van der Waals surface area contributed by atoms with E-state index in [1.807, 2.05) is 67.9 Å². The predicted molar refractivity (Wildman–Crippen MR) is 123 cm³/mol. The molecule has 5 nitrogen and oxygen atoms in total. The maximum atomic E-state index is 13.3. The molecule has 1 aliphatic heterocycles. The fourth-order valence-corrected chi connectivity index (χ4v) is 4.37. The van der Waals surface area contributed by atoms with Crippen molar-refractivity contribution in [3.05, 3.63) is 69.3 Å². The summed E-state index contributed by atoms with van der Waals surface area (Å²) in [6.45, 7) is 3.86. The molecule has 2 aromatic carbocycles. The van der Waals surface area contributed by atoms with Crippen LogP contribution in [0.1, 0.15) is 16.8 Å². The molecule has 0 bridgehead atoms. The van der Waals surface area contributed by atoms with E-state index in [-0.39, 0.29) is 10.7 Å². The molecular weight excluding hydrogens is 450 g/mol. The van der Waals surface area contributed by atoms with Crippen LogP contribution >= 0.6 is 28.1 Å². The zero-order chi connectivity index (χ0) is 20.9. The number of hydrogen-bond donors (Lipinski definition) is 1. The number of carbonyl (C=O) groups is 2. The summed E-state index contributed by atoms with van der Waals surface area (Å²) in [5, 5.41) is 3.72. The van der Waals surface area contributed by atoms with E-state index in [4.69, 9.17) is 12.2 Å². The first-order chi connectivity index (χ1) is 13.8. The maximum Gasteiger partial charge on any atom is 0.270 e. The number of nitrogens with one attached hydrogen (secondary N) is 1.